The number of carbonyl (C=O) groups is 2. The Bertz CT molecular complexity index is 1080. The molecule has 0 bridgehead atoms. The quantitative estimate of drug-likeness (QED) is 0.658. The number of methoxy groups -OCH3 is 1. The Hall–Kier alpha value is -3.93. The van der Waals surface area contributed by atoms with Gasteiger partial charge in [0, 0.05) is 18.0 Å². The van der Waals surface area contributed by atoms with Gasteiger partial charge >= 0.3 is 0 Å². The van der Waals surface area contributed by atoms with Crippen LogP contribution < -0.4 is 10.1 Å². The van der Waals surface area contributed by atoms with Crippen LogP contribution in [-0.4, -0.2) is 28.8 Å². The van der Waals surface area contributed by atoms with Gasteiger partial charge in [-0.2, -0.15) is 0 Å². The van der Waals surface area contributed by atoms with E-state index in [0.717, 1.165) is 0 Å². The Morgan fingerprint density at radius 3 is 2.45 bits per heavy atom. The number of hydrogen-bond acceptors (Lipinski definition) is 5. The molecular weight excluding hydrogens is 366 g/mol. The number of aromatic nitrogens is 1. The second-order valence-corrected chi connectivity index (χ2v) is 6.49. The third-order valence-corrected chi connectivity index (χ3v) is 4.62. The fraction of sp³-hybridized carbons (Fsp3) is 0.0870. The Labute approximate surface area is 168 Å². The fourth-order valence-electron chi connectivity index (χ4n) is 3.21. The second-order valence-electron chi connectivity index (χ2n) is 6.49. The van der Waals surface area contributed by atoms with Crippen molar-refractivity contribution in [3.8, 4) is 5.75 Å². The molecule has 2 aromatic carbocycles. The lowest BCUT2D eigenvalue weighted by Crippen LogP contribution is -2.32. The number of ether oxygens (including phenoxy) is 1. The highest BCUT2D eigenvalue weighted by Gasteiger charge is 2.39. The molecule has 1 aliphatic heterocycles. The average molecular weight is 385 g/mol. The van der Waals surface area contributed by atoms with Gasteiger partial charge in [0.15, 0.2) is 0 Å². The number of anilines is 1. The van der Waals surface area contributed by atoms with Gasteiger partial charge in [-0.05, 0) is 29.8 Å². The molecule has 144 valence electrons. The molecule has 2 amide bonds. The first kappa shape index (κ1) is 18.4. The molecule has 1 aromatic heterocycles. The van der Waals surface area contributed by atoms with E-state index < -0.39 is 0 Å². The number of benzene rings is 2. The number of carbonyl (C=O) groups excluding carboxylic acids is 2. The summed E-state index contributed by atoms with van der Waals surface area (Å²) in [6.45, 7) is 0.109. The number of hydrogen-bond donors (Lipinski definition) is 1. The predicted molar refractivity (Wildman–Crippen MR) is 110 cm³/mol. The van der Waals surface area contributed by atoms with Crippen LogP contribution >= 0.6 is 0 Å². The van der Waals surface area contributed by atoms with Crippen molar-refractivity contribution in [1.29, 1.82) is 0 Å². The largest absolute Gasteiger partial charge is 0.497 e. The highest BCUT2D eigenvalue weighted by atomic mass is 16.5. The molecule has 4 rings (SSSR count). The molecule has 0 fully saturated rings. The van der Waals surface area contributed by atoms with Crippen molar-refractivity contribution in [3.63, 3.8) is 0 Å². The molecule has 3 aromatic rings. The van der Waals surface area contributed by atoms with E-state index in [9.17, 15) is 9.59 Å². The van der Waals surface area contributed by atoms with Crippen molar-refractivity contribution in [2.75, 3.05) is 12.4 Å². The maximum Gasteiger partial charge on any atom is 0.278 e. The summed E-state index contributed by atoms with van der Waals surface area (Å²) in [6, 6.07) is 21.8. The summed E-state index contributed by atoms with van der Waals surface area (Å²) in [6.07, 6.45) is 1.64. The van der Waals surface area contributed by atoms with Gasteiger partial charge in [-0.1, -0.05) is 42.5 Å². The lowest BCUT2D eigenvalue weighted by atomic mass is 10.0. The zero-order chi connectivity index (χ0) is 20.2. The summed E-state index contributed by atoms with van der Waals surface area (Å²) in [5, 5.41) is 3.13. The summed E-state index contributed by atoms with van der Waals surface area (Å²) < 4.78 is 5.25. The van der Waals surface area contributed by atoms with E-state index >= 15 is 0 Å². The highest BCUT2D eigenvalue weighted by Crippen LogP contribution is 2.31. The van der Waals surface area contributed by atoms with Crippen molar-refractivity contribution >= 4 is 23.1 Å². The zero-order valence-electron chi connectivity index (χ0n) is 15.8. The van der Waals surface area contributed by atoms with Crippen molar-refractivity contribution in [2.45, 2.75) is 6.54 Å². The molecule has 6 heteroatoms. The van der Waals surface area contributed by atoms with Gasteiger partial charge in [-0.25, -0.2) is 0 Å². The van der Waals surface area contributed by atoms with Gasteiger partial charge in [0.1, 0.15) is 11.4 Å². The smallest absolute Gasteiger partial charge is 0.278 e. The van der Waals surface area contributed by atoms with Crippen molar-refractivity contribution in [1.82, 2.24) is 9.88 Å². The topological polar surface area (TPSA) is 71.5 Å². The summed E-state index contributed by atoms with van der Waals surface area (Å²) in [7, 11) is 1.58. The van der Waals surface area contributed by atoms with E-state index in [4.69, 9.17) is 4.74 Å². The molecule has 0 saturated carbocycles. The number of pyridine rings is 1. The molecule has 6 nitrogen and oxygen atoms in total. The molecule has 0 unspecified atom stereocenters. The molecular formula is C23H19N3O3. The van der Waals surface area contributed by atoms with E-state index in [2.05, 4.69) is 10.3 Å². The highest BCUT2D eigenvalue weighted by molar-refractivity contribution is 6.36. The summed E-state index contributed by atoms with van der Waals surface area (Å²) in [4.78, 5) is 31.8. The number of nitrogens with one attached hydrogen (secondary N) is 1. The van der Waals surface area contributed by atoms with Gasteiger partial charge in [0.05, 0.1) is 24.9 Å². The van der Waals surface area contributed by atoms with Crippen molar-refractivity contribution < 1.29 is 14.3 Å². The fourth-order valence-corrected chi connectivity index (χ4v) is 3.21. The average Bonchev–Trinajstić information content (AvgIpc) is 2.99. The van der Waals surface area contributed by atoms with Crippen molar-refractivity contribution in [3.05, 3.63) is 95.9 Å². The summed E-state index contributed by atoms with van der Waals surface area (Å²) in [5.74, 6) is -0.0847. The van der Waals surface area contributed by atoms with Crippen molar-refractivity contribution in [2.24, 2.45) is 0 Å². The number of imide groups is 1. The Kier molecular flexibility index (Phi) is 5.07. The predicted octanol–water partition coefficient (Wildman–Crippen LogP) is 3.48. The number of rotatable bonds is 6. The van der Waals surface area contributed by atoms with Crippen LogP contribution in [0.3, 0.4) is 0 Å². The van der Waals surface area contributed by atoms with E-state index in [1.807, 2.05) is 54.6 Å². The lowest BCUT2D eigenvalue weighted by Gasteiger charge is -2.15. The first-order valence-corrected chi connectivity index (χ1v) is 9.14. The molecule has 2 heterocycles. The van der Waals surface area contributed by atoms with Crippen LogP contribution in [0.25, 0.3) is 5.57 Å². The minimum atomic E-state index is -0.387. The minimum Gasteiger partial charge on any atom is -0.497 e. The van der Waals surface area contributed by atoms with Crippen LogP contribution in [0.15, 0.2) is 84.7 Å². The number of nitrogens with zero attached hydrogens (tertiary/aromatic N) is 2. The van der Waals surface area contributed by atoms with Gasteiger partial charge in [-0.15, -0.1) is 0 Å². The minimum absolute atomic E-state index is 0.109. The first-order chi connectivity index (χ1) is 14.2. The third kappa shape index (κ3) is 3.73. The summed E-state index contributed by atoms with van der Waals surface area (Å²) in [5.41, 5.74) is 2.57. The molecule has 0 radical (unpaired) electrons. The zero-order valence-corrected chi connectivity index (χ0v) is 15.8. The first-order valence-electron chi connectivity index (χ1n) is 9.14. The van der Waals surface area contributed by atoms with Gasteiger partial charge in [-0.3, -0.25) is 19.5 Å². The van der Waals surface area contributed by atoms with Gasteiger partial charge in [0.25, 0.3) is 11.8 Å². The Morgan fingerprint density at radius 2 is 1.72 bits per heavy atom. The van der Waals surface area contributed by atoms with Crippen LogP contribution in [-0.2, 0) is 16.1 Å². The third-order valence-electron chi connectivity index (χ3n) is 4.62. The molecule has 0 spiro atoms. The van der Waals surface area contributed by atoms with E-state index in [-0.39, 0.29) is 24.1 Å². The van der Waals surface area contributed by atoms with Crippen LogP contribution in [0, 0.1) is 0 Å². The summed E-state index contributed by atoms with van der Waals surface area (Å²) >= 11 is 0. The van der Waals surface area contributed by atoms with E-state index in [1.54, 1.807) is 31.5 Å². The Morgan fingerprint density at radius 1 is 0.931 bits per heavy atom. The molecule has 0 atom stereocenters. The standard InChI is InChI=1S/C23H19N3O3/c1-29-19-12-7-11-17(14-19)25-21-20(16-8-3-2-4-9-16)22(27)26(23(21)28)15-18-10-5-6-13-24-18/h2-14,25H,15H2,1H3. The van der Waals surface area contributed by atoms with E-state index in [0.29, 0.717) is 28.3 Å². The van der Waals surface area contributed by atoms with Gasteiger partial charge in [0.2, 0.25) is 0 Å². The van der Waals surface area contributed by atoms with Crippen LogP contribution in [0.2, 0.25) is 0 Å². The maximum absolute atomic E-state index is 13.2. The monoisotopic (exact) mass is 385 g/mol. The molecule has 0 saturated heterocycles. The molecule has 0 aliphatic carbocycles. The molecule has 1 aliphatic rings. The normalized spacial score (nSPS) is 13.8. The second kappa shape index (κ2) is 7.98. The van der Waals surface area contributed by atoms with Crippen LogP contribution in [0.1, 0.15) is 11.3 Å². The van der Waals surface area contributed by atoms with Crippen LogP contribution in [0.5, 0.6) is 5.75 Å². The Balaban J connectivity index is 1.73. The van der Waals surface area contributed by atoms with Gasteiger partial charge < -0.3 is 10.1 Å². The molecule has 29 heavy (non-hydrogen) atoms. The maximum atomic E-state index is 13.2. The van der Waals surface area contributed by atoms with E-state index in [1.165, 1.54) is 4.90 Å². The lowest BCUT2D eigenvalue weighted by molar-refractivity contribution is -0.137. The van der Waals surface area contributed by atoms with Crippen LogP contribution in [0.4, 0.5) is 5.69 Å². The number of amides is 2. The molecule has 1 N–H and O–H groups in total. The SMILES string of the molecule is COc1cccc(NC2=C(c3ccccc3)C(=O)N(Cc3ccccn3)C2=O)c1.